The number of nitrogens with zero attached hydrogens (tertiary/aromatic N) is 1. The fraction of sp³-hybridized carbons (Fsp3) is 0.562. The van der Waals surface area contributed by atoms with Crippen LogP contribution >= 0.6 is 0 Å². The molecule has 0 amide bonds. The van der Waals surface area contributed by atoms with Gasteiger partial charge in [-0.2, -0.15) is 0 Å². The topological polar surface area (TPSA) is 48.0 Å². The van der Waals surface area contributed by atoms with Crippen LogP contribution in [0.15, 0.2) is 24.3 Å². The van der Waals surface area contributed by atoms with E-state index in [9.17, 15) is 4.79 Å². The van der Waals surface area contributed by atoms with Crippen molar-refractivity contribution < 1.29 is 19.0 Å². The molecule has 114 valence electrons. The molecule has 0 saturated carbocycles. The van der Waals surface area contributed by atoms with E-state index in [0.29, 0.717) is 13.2 Å². The van der Waals surface area contributed by atoms with E-state index in [2.05, 4.69) is 11.0 Å². The van der Waals surface area contributed by atoms with E-state index < -0.39 is 0 Å². The van der Waals surface area contributed by atoms with Crippen LogP contribution in [0.4, 0.5) is 5.69 Å². The number of esters is 1. The first kappa shape index (κ1) is 14.4. The quantitative estimate of drug-likeness (QED) is 0.793. The normalized spacial score (nSPS) is 22.1. The number of benzene rings is 1. The Morgan fingerprint density at radius 1 is 1.33 bits per heavy atom. The van der Waals surface area contributed by atoms with Gasteiger partial charge in [-0.25, -0.2) is 0 Å². The molecule has 3 rings (SSSR count). The van der Waals surface area contributed by atoms with E-state index in [0.717, 1.165) is 37.2 Å². The molecule has 1 fully saturated rings. The third kappa shape index (κ3) is 3.04. The number of carbonyl (C=O) groups excluding carboxylic acids is 1. The van der Waals surface area contributed by atoms with Gasteiger partial charge in [0.1, 0.15) is 0 Å². The Labute approximate surface area is 124 Å². The van der Waals surface area contributed by atoms with Gasteiger partial charge in [0.2, 0.25) is 0 Å². The summed E-state index contributed by atoms with van der Waals surface area (Å²) in [6.07, 6.45) is 1.54. The van der Waals surface area contributed by atoms with E-state index >= 15 is 0 Å². The molecule has 1 saturated heterocycles. The van der Waals surface area contributed by atoms with Crippen LogP contribution in [0.1, 0.15) is 24.3 Å². The van der Waals surface area contributed by atoms with E-state index in [1.54, 1.807) is 0 Å². The van der Waals surface area contributed by atoms with Gasteiger partial charge in [-0.15, -0.1) is 0 Å². The first-order valence-corrected chi connectivity index (χ1v) is 7.44. The number of rotatable bonds is 4. The largest absolute Gasteiger partial charge is 0.469 e. The average molecular weight is 291 g/mol. The third-order valence-corrected chi connectivity index (χ3v) is 4.15. The van der Waals surface area contributed by atoms with Gasteiger partial charge >= 0.3 is 5.97 Å². The van der Waals surface area contributed by atoms with Crippen molar-refractivity contribution in [1.29, 1.82) is 0 Å². The van der Waals surface area contributed by atoms with Crippen LogP contribution in [0.2, 0.25) is 0 Å². The summed E-state index contributed by atoms with van der Waals surface area (Å²) in [5.41, 5.74) is 2.18. The highest BCUT2D eigenvalue weighted by Gasteiger charge is 2.30. The van der Waals surface area contributed by atoms with Crippen LogP contribution in [0.5, 0.6) is 0 Å². The number of hydrogen-bond acceptors (Lipinski definition) is 5. The Morgan fingerprint density at radius 3 is 2.86 bits per heavy atom. The number of methoxy groups -OCH3 is 1. The molecule has 0 spiro atoms. The fourth-order valence-corrected chi connectivity index (χ4v) is 3.09. The van der Waals surface area contributed by atoms with Gasteiger partial charge in [0.25, 0.3) is 0 Å². The van der Waals surface area contributed by atoms with E-state index in [1.165, 1.54) is 7.11 Å². The van der Waals surface area contributed by atoms with Crippen molar-refractivity contribution in [3.63, 3.8) is 0 Å². The van der Waals surface area contributed by atoms with Gasteiger partial charge in [0.15, 0.2) is 6.29 Å². The van der Waals surface area contributed by atoms with Crippen LogP contribution in [0.3, 0.4) is 0 Å². The van der Waals surface area contributed by atoms with Crippen LogP contribution in [-0.4, -0.2) is 45.7 Å². The second kappa shape index (κ2) is 6.45. The maximum absolute atomic E-state index is 11.9. The Kier molecular flexibility index (Phi) is 4.41. The minimum absolute atomic E-state index is 0.0875. The standard InChI is InChI=1S/C16H21NO4/c1-19-16(18)13-6-8-17(9-7-15-20-10-11-21-15)14-5-3-2-4-12(13)14/h2-5,13,15H,6-11H2,1H3/t13-/m1/s1. The predicted molar refractivity (Wildman–Crippen MR) is 78.3 cm³/mol. The van der Waals surface area contributed by atoms with Crippen LogP contribution in [-0.2, 0) is 19.0 Å². The lowest BCUT2D eigenvalue weighted by atomic mass is 9.90. The number of ether oxygens (including phenoxy) is 3. The summed E-state index contributed by atoms with van der Waals surface area (Å²) in [5.74, 6) is -0.300. The van der Waals surface area contributed by atoms with Gasteiger partial charge in [-0.3, -0.25) is 4.79 Å². The minimum atomic E-state index is -0.151. The van der Waals surface area contributed by atoms with Crippen molar-refractivity contribution in [2.24, 2.45) is 0 Å². The van der Waals surface area contributed by atoms with E-state index in [4.69, 9.17) is 14.2 Å². The highest BCUT2D eigenvalue weighted by Crippen LogP contribution is 2.36. The molecule has 5 heteroatoms. The van der Waals surface area contributed by atoms with Gasteiger partial charge < -0.3 is 19.1 Å². The summed E-state index contributed by atoms with van der Waals surface area (Å²) in [6, 6.07) is 8.07. The van der Waals surface area contributed by atoms with Crippen molar-refractivity contribution in [1.82, 2.24) is 0 Å². The summed E-state index contributed by atoms with van der Waals surface area (Å²) in [4.78, 5) is 14.2. The molecular formula is C16H21NO4. The first-order chi connectivity index (χ1) is 10.3. The number of para-hydroxylation sites is 1. The van der Waals surface area contributed by atoms with Gasteiger partial charge in [-0.05, 0) is 18.1 Å². The third-order valence-electron chi connectivity index (χ3n) is 4.15. The molecule has 0 bridgehead atoms. The molecular weight excluding hydrogens is 270 g/mol. The van der Waals surface area contributed by atoms with Crippen LogP contribution in [0, 0.1) is 0 Å². The first-order valence-electron chi connectivity index (χ1n) is 7.44. The molecule has 2 aliphatic rings. The molecule has 1 aromatic carbocycles. The molecule has 5 nitrogen and oxygen atoms in total. The predicted octanol–water partition coefficient (Wildman–Crippen LogP) is 1.92. The number of fused-ring (bicyclic) bond motifs is 1. The zero-order valence-electron chi connectivity index (χ0n) is 12.3. The maximum Gasteiger partial charge on any atom is 0.313 e. The van der Waals surface area contributed by atoms with Gasteiger partial charge in [-0.1, -0.05) is 18.2 Å². The molecule has 1 aromatic rings. The lowest BCUT2D eigenvalue weighted by molar-refractivity contribution is -0.142. The van der Waals surface area contributed by atoms with Crippen LogP contribution in [0.25, 0.3) is 0 Å². The Bertz CT molecular complexity index is 499. The Hall–Kier alpha value is -1.59. The van der Waals surface area contributed by atoms with Crippen LogP contribution < -0.4 is 4.90 Å². The molecule has 0 radical (unpaired) electrons. The molecule has 2 heterocycles. The van der Waals surface area contributed by atoms with Crippen molar-refractivity contribution >= 4 is 11.7 Å². The van der Waals surface area contributed by atoms with Gasteiger partial charge in [0, 0.05) is 25.2 Å². The summed E-state index contributed by atoms with van der Waals surface area (Å²) >= 11 is 0. The highest BCUT2D eigenvalue weighted by molar-refractivity contribution is 5.81. The van der Waals surface area contributed by atoms with Crippen molar-refractivity contribution in [3.05, 3.63) is 29.8 Å². The van der Waals surface area contributed by atoms with Gasteiger partial charge in [0.05, 0.1) is 26.2 Å². The van der Waals surface area contributed by atoms with Crippen molar-refractivity contribution in [2.75, 3.05) is 38.3 Å². The lowest BCUT2D eigenvalue weighted by Gasteiger charge is -2.35. The maximum atomic E-state index is 11.9. The average Bonchev–Trinajstić information content (AvgIpc) is 3.05. The lowest BCUT2D eigenvalue weighted by Crippen LogP contribution is -2.35. The smallest absolute Gasteiger partial charge is 0.313 e. The molecule has 2 aliphatic heterocycles. The number of hydrogen-bond donors (Lipinski definition) is 0. The highest BCUT2D eigenvalue weighted by atomic mass is 16.7. The summed E-state index contributed by atoms with van der Waals surface area (Å²) < 4.78 is 15.9. The molecule has 21 heavy (non-hydrogen) atoms. The summed E-state index contributed by atoms with van der Waals surface area (Å²) in [5, 5.41) is 0. The van der Waals surface area contributed by atoms with Crippen molar-refractivity contribution in [3.8, 4) is 0 Å². The van der Waals surface area contributed by atoms with Crippen molar-refractivity contribution in [2.45, 2.75) is 25.0 Å². The zero-order valence-corrected chi connectivity index (χ0v) is 12.3. The number of anilines is 1. The second-order valence-electron chi connectivity index (χ2n) is 5.37. The minimum Gasteiger partial charge on any atom is -0.469 e. The fourth-order valence-electron chi connectivity index (χ4n) is 3.09. The van der Waals surface area contributed by atoms with E-state index in [1.807, 2.05) is 18.2 Å². The monoisotopic (exact) mass is 291 g/mol. The van der Waals surface area contributed by atoms with E-state index in [-0.39, 0.29) is 18.2 Å². The molecule has 0 N–H and O–H groups in total. The Balaban J connectivity index is 1.72. The molecule has 1 atom stereocenters. The molecule has 0 unspecified atom stereocenters. The molecule has 0 aliphatic carbocycles. The Morgan fingerprint density at radius 2 is 2.10 bits per heavy atom. The second-order valence-corrected chi connectivity index (χ2v) is 5.37. The summed E-state index contributed by atoms with van der Waals surface area (Å²) in [7, 11) is 1.45. The molecule has 0 aromatic heterocycles. The summed E-state index contributed by atoms with van der Waals surface area (Å²) in [6.45, 7) is 3.09. The SMILES string of the molecule is COC(=O)[C@@H]1CCN(CCC2OCCO2)c2ccccc21. The number of carbonyl (C=O) groups is 1. The zero-order chi connectivity index (χ0) is 14.7.